The number of ether oxygens (including phenoxy) is 1. The highest BCUT2D eigenvalue weighted by Gasteiger charge is 2.26. The fourth-order valence-electron chi connectivity index (χ4n) is 2.13. The predicted octanol–water partition coefficient (Wildman–Crippen LogP) is 1.93. The van der Waals surface area contributed by atoms with E-state index in [1.54, 1.807) is 24.3 Å². The number of amides is 2. The van der Waals surface area contributed by atoms with Crippen LogP contribution in [0.2, 0.25) is 0 Å². The molecule has 0 unspecified atom stereocenters. The third-order valence-corrected chi connectivity index (χ3v) is 3.17. The van der Waals surface area contributed by atoms with E-state index in [4.69, 9.17) is 4.74 Å². The monoisotopic (exact) mass is 309 g/mol. The van der Waals surface area contributed by atoms with Crippen LogP contribution in [0.5, 0.6) is 5.75 Å². The number of para-hydroxylation sites is 2. The molecular formula is C17H15N3O3. The van der Waals surface area contributed by atoms with E-state index in [-0.39, 0.29) is 24.8 Å². The molecule has 0 aliphatic carbocycles. The SMILES string of the molecule is O=C(COc1ccccc1)NC1=NN(c2ccccc2)C(=O)C1. The van der Waals surface area contributed by atoms with Gasteiger partial charge in [-0.25, -0.2) is 0 Å². The maximum Gasteiger partial charge on any atom is 0.263 e. The van der Waals surface area contributed by atoms with Gasteiger partial charge in [-0.15, -0.1) is 0 Å². The topological polar surface area (TPSA) is 71.0 Å². The van der Waals surface area contributed by atoms with Crippen molar-refractivity contribution in [1.82, 2.24) is 5.32 Å². The van der Waals surface area contributed by atoms with Gasteiger partial charge in [0.15, 0.2) is 6.61 Å². The van der Waals surface area contributed by atoms with Crippen molar-refractivity contribution < 1.29 is 14.3 Å². The van der Waals surface area contributed by atoms with Crippen molar-refractivity contribution in [3.8, 4) is 5.75 Å². The van der Waals surface area contributed by atoms with Gasteiger partial charge in [-0.1, -0.05) is 36.4 Å². The molecule has 1 aliphatic rings. The summed E-state index contributed by atoms with van der Waals surface area (Å²) in [6.45, 7) is -0.136. The van der Waals surface area contributed by atoms with Crippen molar-refractivity contribution in [2.45, 2.75) is 6.42 Å². The van der Waals surface area contributed by atoms with Crippen LogP contribution in [-0.4, -0.2) is 24.3 Å². The summed E-state index contributed by atoms with van der Waals surface area (Å²) in [7, 11) is 0. The quantitative estimate of drug-likeness (QED) is 0.938. The second-order valence-electron chi connectivity index (χ2n) is 4.91. The molecule has 2 amide bonds. The van der Waals surface area contributed by atoms with E-state index in [1.165, 1.54) is 5.01 Å². The van der Waals surface area contributed by atoms with E-state index in [2.05, 4.69) is 10.4 Å². The first kappa shape index (κ1) is 14.8. The minimum atomic E-state index is -0.352. The highest BCUT2D eigenvalue weighted by molar-refractivity contribution is 6.15. The normalized spacial score (nSPS) is 13.7. The number of amidine groups is 1. The zero-order valence-electron chi connectivity index (χ0n) is 12.3. The number of hydrazone groups is 1. The van der Waals surface area contributed by atoms with E-state index in [9.17, 15) is 9.59 Å². The zero-order chi connectivity index (χ0) is 16.1. The molecule has 2 aromatic rings. The average Bonchev–Trinajstić information content (AvgIpc) is 2.95. The summed E-state index contributed by atoms with van der Waals surface area (Å²) in [6, 6.07) is 18.1. The lowest BCUT2D eigenvalue weighted by Gasteiger charge is -2.10. The number of benzene rings is 2. The minimum Gasteiger partial charge on any atom is -0.484 e. The van der Waals surface area contributed by atoms with Crippen molar-refractivity contribution in [2.75, 3.05) is 11.6 Å². The Hall–Kier alpha value is -3.15. The van der Waals surface area contributed by atoms with E-state index >= 15 is 0 Å². The van der Waals surface area contributed by atoms with Gasteiger partial charge in [0.05, 0.1) is 12.1 Å². The van der Waals surface area contributed by atoms with Crippen LogP contribution in [0, 0.1) is 0 Å². The molecule has 1 N–H and O–H groups in total. The summed E-state index contributed by atoms with van der Waals surface area (Å²) < 4.78 is 5.35. The van der Waals surface area contributed by atoms with Gasteiger partial charge in [0, 0.05) is 0 Å². The number of rotatable bonds is 4. The molecule has 1 heterocycles. The third-order valence-electron chi connectivity index (χ3n) is 3.17. The highest BCUT2D eigenvalue weighted by atomic mass is 16.5. The minimum absolute atomic E-state index is 0.0615. The van der Waals surface area contributed by atoms with Crippen LogP contribution >= 0.6 is 0 Å². The number of carbonyl (C=O) groups is 2. The highest BCUT2D eigenvalue weighted by Crippen LogP contribution is 2.19. The lowest BCUT2D eigenvalue weighted by molar-refractivity contribution is -0.121. The molecule has 0 radical (unpaired) electrons. The molecular weight excluding hydrogens is 294 g/mol. The molecule has 3 rings (SSSR count). The maximum absolute atomic E-state index is 12.0. The summed E-state index contributed by atoms with van der Waals surface area (Å²) >= 11 is 0. The van der Waals surface area contributed by atoms with Gasteiger partial charge >= 0.3 is 0 Å². The molecule has 0 saturated heterocycles. The Balaban J connectivity index is 1.58. The van der Waals surface area contributed by atoms with Crippen molar-refractivity contribution >= 4 is 23.3 Å². The van der Waals surface area contributed by atoms with Gasteiger partial charge in [0.25, 0.3) is 11.8 Å². The molecule has 6 nitrogen and oxygen atoms in total. The molecule has 0 aromatic heterocycles. The van der Waals surface area contributed by atoms with Crippen LogP contribution in [0.3, 0.4) is 0 Å². The summed E-state index contributed by atoms with van der Waals surface area (Å²) in [6.07, 6.45) is 0.0615. The fourth-order valence-corrected chi connectivity index (χ4v) is 2.13. The van der Waals surface area contributed by atoms with Gasteiger partial charge in [-0.2, -0.15) is 10.1 Å². The van der Waals surface area contributed by atoms with E-state index in [0.717, 1.165) is 0 Å². The molecule has 23 heavy (non-hydrogen) atoms. The van der Waals surface area contributed by atoms with Gasteiger partial charge in [0.1, 0.15) is 11.6 Å². The van der Waals surface area contributed by atoms with E-state index in [0.29, 0.717) is 17.3 Å². The molecule has 0 bridgehead atoms. The standard InChI is InChI=1S/C17H15N3O3/c21-16(12-23-14-9-5-2-6-10-14)18-15-11-17(22)20(19-15)13-7-3-1-4-8-13/h1-10H,11-12H2,(H,18,19,21). The number of anilines is 1. The van der Waals surface area contributed by atoms with Gasteiger partial charge in [-0.3, -0.25) is 9.59 Å². The molecule has 6 heteroatoms. The largest absolute Gasteiger partial charge is 0.484 e. The first-order valence-corrected chi connectivity index (χ1v) is 7.15. The van der Waals surface area contributed by atoms with Crippen molar-refractivity contribution in [3.05, 3.63) is 60.7 Å². The van der Waals surface area contributed by atoms with Crippen molar-refractivity contribution in [1.29, 1.82) is 0 Å². The van der Waals surface area contributed by atoms with Crippen LogP contribution in [-0.2, 0) is 9.59 Å². The Morgan fingerprint density at radius 1 is 1.09 bits per heavy atom. The molecule has 1 aliphatic heterocycles. The first-order valence-electron chi connectivity index (χ1n) is 7.15. The van der Waals surface area contributed by atoms with E-state index in [1.807, 2.05) is 36.4 Å². The smallest absolute Gasteiger partial charge is 0.263 e. The maximum atomic E-state index is 12.0. The van der Waals surface area contributed by atoms with Crippen LogP contribution in [0.25, 0.3) is 0 Å². The molecule has 0 fully saturated rings. The summed E-state index contributed by atoms with van der Waals surface area (Å²) in [4.78, 5) is 23.9. The average molecular weight is 309 g/mol. The Bertz CT molecular complexity index is 729. The summed E-state index contributed by atoms with van der Waals surface area (Å²) in [5, 5.41) is 8.04. The fraction of sp³-hybridized carbons (Fsp3) is 0.118. The zero-order valence-corrected chi connectivity index (χ0v) is 12.3. The van der Waals surface area contributed by atoms with Crippen LogP contribution in [0.1, 0.15) is 6.42 Å². The first-order chi connectivity index (χ1) is 11.2. The van der Waals surface area contributed by atoms with Crippen LogP contribution in [0.4, 0.5) is 5.69 Å². The molecule has 0 spiro atoms. The predicted molar refractivity (Wildman–Crippen MR) is 86.1 cm³/mol. The Morgan fingerprint density at radius 3 is 2.43 bits per heavy atom. The molecule has 0 saturated carbocycles. The number of nitrogens with one attached hydrogen (secondary N) is 1. The number of hydrogen-bond donors (Lipinski definition) is 1. The third kappa shape index (κ3) is 3.74. The van der Waals surface area contributed by atoms with Gasteiger partial charge in [-0.05, 0) is 24.3 Å². The lowest BCUT2D eigenvalue weighted by Crippen LogP contribution is -2.33. The van der Waals surface area contributed by atoms with Crippen LogP contribution < -0.4 is 15.1 Å². The van der Waals surface area contributed by atoms with Gasteiger partial charge in [0.2, 0.25) is 0 Å². The Morgan fingerprint density at radius 2 is 1.74 bits per heavy atom. The number of hydrogen-bond acceptors (Lipinski definition) is 4. The van der Waals surface area contributed by atoms with Crippen molar-refractivity contribution in [2.24, 2.45) is 5.10 Å². The summed E-state index contributed by atoms with van der Waals surface area (Å²) in [5.41, 5.74) is 0.669. The number of nitrogens with zero attached hydrogens (tertiary/aromatic N) is 2. The van der Waals surface area contributed by atoms with Crippen LogP contribution in [0.15, 0.2) is 65.8 Å². The second kappa shape index (κ2) is 6.74. The van der Waals surface area contributed by atoms with Crippen molar-refractivity contribution in [3.63, 3.8) is 0 Å². The van der Waals surface area contributed by atoms with Gasteiger partial charge < -0.3 is 10.1 Å². The lowest BCUT2D eigenvalue weighted by atomic mass is 10.3. The Labute approximate surface area is 133 Å². The molecule has 0 atom stereocenters. The second-order valence-corrected chi connectivity index (χ2v) is 4.91. The molecule has 2 aromatic carbocycles. The van der Waals surface area contributed by atoms with E-state index < -0.39 is 0 Å². The molecule has 116 valence electrons. The summed E-state index contributed by atoms with van der Waals surface area (Å²) in [5.74, 6) is 0.393. The number of carbonyl (C=O) groups excluding carboxylic acids is 2. The Kier molecular flexibility index (Phi) is 4.33.